The second kappa shape index (κ2) is 14.1. The van der Waals surface area contributed by atoms with Crippen LogP contribution in [0, 0.1) is 0 Å². The number of imidazole rings is 1. The van der Waals surface area contributed by atoms with Crippen LogP contribution in [0.5, 0.6) is 0 Å². The number of nitrogens with one attached hydrogen (secondary N) is 2. The molecule has 0 aliphatic carbocycles. The van der Waals surface area contributed by atoms with Crippen molar-refractivity contribution in [3.63, 3.8) is 0 Å². The number of likely N-dealkylation sites (tertiary alicyclic amines) is 1. The third kappa shape index (κ3) is 8.13. The molecule has 0 amide bonds. The number of benzene rings is 2. The molecule has 0 radical (unpaired) electrons. The Morgan fingerprint density at radius 3 is 2.26 bits per heavy atom. The summed E-state index contributed by atoms with van der Waals surface area (Å²) in [5.41, 5.74) is 2.68. The number of hydrogen-bond donors (Lipinski definition) is 2. The van der Waals surface area contributed by atoms with E-state index in [2.05, 4.69) is 98.9 Å². The first-order valence-corrected chi connectivity index (χ1v) is 12.1. The maximum atomic E-state index is 4.84. The normalized spacial score (nSPS) is 15.0. The Morgan fingerprint density at radius 1 is 0.971 bits per heavy atom. The lowest BCUT2D eigenvalue weighted by Gasteiger charge is -2.33. The first kappa shape index (κ1) is 26.2. The highest BCUT2D eigenvalue weighted by atomic mass is 127. The number of piperidine rings is 1. The molecule has 1 aliphatic rings. The lowest BCUT2D eigenvalue weighted by molar-refractivity contribution is 0.198. The van der Waals surface area contributed by atoms with E-state index in [1.165, 1.54) is 11.1 Å². The van der Waals surface area contributed by atoms with E-state index < -0.39 is 0 Å². The van der Waals surface area contributed by atoms with E-state index in [0.29, 0.717) is 12.6 Å². The Balaban J connectivity index is 0.00000324. The predicted octanol–water partition coefficient (Wildman–Crippen LogP) is 4.31. The van der Waals surface area contributed by atoms with Gasteiger partial charge in [-0.2, -0.15) is 0 Å². The van der Waals surface area contributed by atoms with Crippen molar-refractivity contribution in [1.82, 2.24) is 25.1 Å². The van der Waals surface area contributed by atoms with Crippen molar-refractivity contribution in [2.75, 3.05) is 26.2 Å². The SMILES string of the molecule is CCNC(=NCCc1nccn1Cc1ccccc1)NC1CCN(Cc2ccccc2)CC1.I. The smallest absolute Gasteiger partial charge is 0.191 e. The topological polar surface area (TPSA) is 57.5 Å². The van der Waals surface area contributed by atoms with Crippen LogP contribution < -0.4 is 10.6 Å². The van der Waals surface area contributed by atoms with Crippen LogP contribution in [0.2, 0.25) is 0 Å². The molecule has 34 heavy (non-hydrogen) atoms. The van der Waals surface area contributed by atoms with Crippen LogP contribution in [-0.2, 0) is 19.5 Å². The minimum absolute atomic E-state index is 0. The molecule has 0 spiro atoms. The highest BCUT2D eigenvalue weighted by Crippen LogP contribution is 2.14. The minimum atomic E-state index is 0. The van der Waals surface area contributed by atoms with Crippen molar-refractivity contribution in [1.29, 1.82) is 0 Å². The van der Waals surface area contributed by atoms with E-state index in [-0.39, 0.29) is 24.0 Å². The minimum Gasteiger partial charge on any atom is -0.357 e. The summed E-state index contributed by atoms with van der Waals surface area (Å²) < 4.78 is 2.22. The lowest BCUT2D eigenvalue weighted by atomic mass is 10.0. The van der Waals surface area contributed by atoms with Crippen LogP contribution in [-0.4, -0.2) is 52.6 Å². The van der Waals surface area contributed by atoms with Gasteiger partial charge >= 0.3 is 0 Å². The number of halogens is 1. The number of aliphatic imine (C=N–C) groups is 1. The van der Waals surface area contributed by atoms with Gasteiger partial charge in [-0.15, -0.1) is 24.0 Å². The molecule has 1 saturated heterocycles. The van der Waals surface area contributed by atoms with Gasteiger partial charge in [0.15, 0.2) is 5.96 Å². The largest absolute Gasteiger partial charge is 0.357 e. The molecule has 1 aliphatic heterocycles. The number of guanidine groups is 1. The van der Waals surface area contributed by atoms with Crippen molar-refractivity contribution in [2.24, 2.45) is 4.99 Å². The van der Waals surface area contributed by atoms with Crippen LogP contribution in [0.3, 0.4) is 0 Å². The fourth-order valence-corrected chi connectivity index (χ4v) is 4.35. The molecule has 2 N–H and O–H groups in total. The predicted molar refractivity (Wildman–Crippen MR) is 151 cm³/mol. The Morgan fingerprint density at radius 2 is 1.62 bits per heavy atom. The third-order valence-electron chi connectivity index (χ3n) is 6.12. The van der Waals surface area contributed by atoms with Gasteiger partial charge in [0, 0.05) is 64.1 Å². The van der Waals surface area contributed by atoms with Crippen molar-refractivity contribution in [3.8, 4) is 0 Å². The van der Waals surface area contributed by atoms with Crippen LogP contribution in [0.4, 0.5) is 0 Å². The van der Waals surface area contributed by atoms with Gasteiger partial charge in [0.25, 0.3) is 0 Å². The van der Waals surface area contributed by atoms with Gasteiger partial charge in [0.2, 0.25) is 0 Å². The molecule has 1 fully saturated rings. The molecular weight excluding hydrogens is 535 g/mol. The molecule has 7 heteroatoms. The maximum Gasteiger partial charge on any atom is 0.191 e. The van der Waals surface area contributed by atoms with Gasteiger partial charge in [-0.25, -0.2) is 4.98 Å². The van der Waals surface area contributed by atoms with Crippen LogP contribution in [0.1, 0.15) is 36.7 Å². The van der Waals surface area contributed by atoms with Crippen molar-refractivity contribution in [2.45, 2.75) is 45.3 Å². The Kier molecular flexibility index (Phi) is 10.9. The Hall–Kier alpha value is -2.39. The number of aromatic nitrogens is 2. The fraction of sp³-hybridized carbons (Fsp3) is 0.407. The zero-order valence-corrected chi connectivity index (χ0v) is 22.4. The highest BCUT2D eigenvalue weighted by Gasteiger charge is 2.20. The molecule has 4 rings (SSSR count). The van der Waals surface area contributed by atoms with Crippen molar-refractivity contribution in [3.05, 3.63) is 90.0 Å². The molecule has 0 saturated carbocycles. The molecule has 182 valence electrons. The fourth-order valence-electron chi connectivity index (χ4n) is 4.35. The zero-order chi connectivity index (χ0) is 22.7. The number of hydrogen-bond acceptors (Lipinski definition) is 3. The monoisotopic (exact) mass is 572 g/mol. The van der Waals surface area contributed by atoms with Gasteiger partial charge in [-0.3, -0.25) is 9.89 Å². The Labute approximate surface area is 220 Å². The summed E-state index contributed by atoms with van der Waals surface area (Å²) in [5.74, 6) is 1.99. The zero-order valence-electron chi connectivity index (χ0n) is 20.1. The van der Waals surface area contributed by atoms with Crippen LogP contribution in [0.25, 0.3) is 0 Å². The summed E-state index contributed by atoms with van der Waals surface area (Å²) >= 11 is 0. The van der Waals surface area contributed by atoms with Crippen LogP contribution in [0.15, 0.2) is 78.0 Å². The Bertz CT molecular complexity index is 981. The van der Waals surface area contributed by atoms with Crippen molar-refractivity contribution >= 4 is 29.9 Å². The van der Waals surface area contributed by atoms with Gasteiger partial charge in [-0.1, -0.05) is 60.7 Å². The molecule has 3 aromatic rings. The molecule has 2 aromatic carbocycles. The summed E-state index contributed by atoms with van der Waals surface area (Å²) in [6, 6.07) is 21.7. The van der Waals surface area contributed by atoms with Crippen LogP contribution >= 0.6 is 24.0 Å². The van der Waals surface area contributed by atoms with Gasteiger partial charge in [0.05, 0.1) is 0 Å². The molecule has 0 unspecified atom stereocenters. The quantitative estimate of drug-likeness (QED) is 0.228. The molecule has 0 bridgehead atoms. The summed E-state index contributed by atoms with van der Waals surface area (Å²) in [6.07, 6.45) is 7.04. The average molecular weight is 573 g/mol. The summed E-state index contributed by atoms with van der Waals surface area (Å²) in [4.78, 5) is 12.0. The summed E-state index contributed by atoms with van der Waals surface area (Å²) in [5, 5.41) is 7.07. The van der Waals surface area contributed by atoms with E-state index in [1.807, 2.05) is 6.20 Å². The first-order chi connectivity index (χ1) is 16.3. The standard InChI is InChI=1S/C27H36N6.HI/c1-2-28-27(31-25-14-18-32(19-15-25)21-23-9-5-3-6-10-23)30-16-13-26-29-17-20-33(26)22-24-11-7-4-8-12-24;/h3-12,17,20,25H,2,13-16,18-19,21-22H2,1H3,(H2,28,30,31);1H. The number of rotatable bonds is 9. The summed E-state index contributed by atoms with van der Waals surface area (Å²) in [6.45, 7) is 7.81. The van der Waals surface area contributed by atoms with Crippen molar-refractivity contribution < 1.29 is 0 Å². The number of nitrogens with zero attached hydrogens (tertiary/aromatic N) is 4. The third-order valence-corrected chi connectivity index (χ3v) is 6.12. The summed E-state index contributed by atoms with van der Waals surface area (Å²) in [7, 11) is 0. The molecule has 6 nitrogen and oxygen atoms in total. The lowest BCUT2D eigenvalue weighted by Crippen LogP contribution is -2.48. The van der Waals surface area contributed by atoms with Gasteiger partial charge in [-0.05, 0) is 30.9 Å². The van der Waals surface area contributed by atoms with Gasteiger partial charge < -0.3 is 15.2 Å². The highest BCUT2D eigenvalue weighted by molar-refractivity contribution is 14.0. The molecule has 0 atom stereocenters. The molecule has 1 aromatic heterocycles. The molecular formula is C27H37IN6. The average Bonchev–Trinajstić information content (AvgIpc) is 3.28. The van der Waals surface area contributed by atoms with E-state index in [9.17, 15) is 0 Å². The first-order valence-electron chi connectivity index (χ1n) is 12.1. The van der Waals surface area contributed by atoms with E-state index in [0.717, 1.165) is 63.8 Å². The van der Waals surface area contributed by atoms with E-state index in [1.54, 1.807) is 0 Å². The second-order valence-electron chi connectivity index (χ2n) is 8.65. The maximum absolute atomic E-state index is 4.84. The second-order valence-corrected chi connectivity index (χ2v) is 8.65. The van der Waals surface area contributed by atoms with E-state index in [4.69, 9.17) is 4.99 Å². The van der Waals surface area contributed by atoms with E-state index >= 15 is 0 Å². The molecule has 2 heterocycles. The van der Waals surface area contributed by atoms with Gasteiger partial charge in [0.1, 0.15) is 5.82 Å².